The van der Waals surface area contributed by atoms with Crippen molar-refractivity contribution in [2.24, 2.45) is 0 Å². The van der Waals surface area contributed by atoms with Crippen LogP contribution in [0.3, 0.4) is 0 Å². The Labute approximate surface area is 168 Å². The van der Waals surface area contributed by atoms with E-state index in [2.05, 4.69) is 21.9 Å². The molecule has 2 saturated heterocycles. The molecule has 1 aromatic carbocycles. The molecule has 8 heteroatoms. The first-order chi connectivity index (χ1) is 13.3. The zero-order valence-electron chi connectivity index (χ0n) is 17.0. The molecule has 0 bridgehead atoms. The maximum atomic E-state index is 13.1. The molecule has 0 radical (unpaired) electrons. The molecule has 2 aliphatic heterocycles. The number of carbonyl (C=O) groups excluding carboxylic acids is 1. The Morgan fingerprint density at radius 3 is 2.36 bits per heavy atom. The molecule has 156 valence electrons. The van der Waals surface area contributed by atoms with Crippen molar-refractivity contribution in [3.63, 3.8) is 0 Å². The molecular formula is C20H31N3O4S. The highest BCUT2D eigenvalue weighted by molar-refractivity contribution is 7.91. The Kier molecular flexibility index (Phi) is 6.50. The Hall–Kier alpha value is -1.80. The number of benzene rings is 1. The summed E-state index contributed by atoms with van der Waals surface area (Å²) in [7, 11) is -1.34. The van der Waals surface area contributed by atoms with Gasteiger partial charge in [0, 0.05) is 44.5 Å². The maximum Gasteiger partial charge on any atom is 0.239 e. The monoisotopic (exact) mass is 409 g/mol. The first-order valence-electron chi connectivity index (χ1n) is 9.98. The zero-order chi connectivity index (χ0) is 20.3. The largest absolute Gasteiger partial charge is 0.497 e. The summed E-state index contributed by atoms with van der Waals surface area (Å²) in [6, 6.07) is 7.63. The lowest BCUT2D eigenvalue weighted by atomic mass is 10.1. The number of rotatable bonds is 6. The molecule has 0 unspecified atom stereocenters. The summed E-state index contributed by atoms with van der Waals surface area (Å²) in [6.07, 6.45) is 0.555. The minimum Gasteiger partial charge on any atom is -0.497 e. The van der Waals surface area contributed by atoms with Crippen molar-refractivity contribution in [1.29, 1.82) is 0 Å². The second-order valence-corrected chi connectivity index (χ2v) is 9.81. The molecule has 2 fully saturated rings. The predicted molar refractivity (Wildman–Crippen MR) is 111 cm³/mol. The average molecular weight is 410 g/mol. The third kappa shape index (κ3) is 4.60. The lowest BCUT2D eigenvalue weighted by Crippen LogP contribution is -2.56. The first-order valence-corrected chi connectivity index (χ1v) is 11.8. The molecule has 0 N–H and O–H groups in total. The van der Waals surface area contributed by atoms with E-state index < -0.39 is 9.84 Å². The minimum absolute atomic E-state index is 0.0440. The topological polar surface area (TPSA) is 70.2 Å². The van der Waals surface area contributed by atoms with Crippen LogP contribution >= 0.6 is 0 Å². The molecule has 1 amide bonds. The Balaban J connectivity index is 1.57. The summed E-state index contributed by atoms with van der Waals surface area (Å²) >= 11 is 0. The van der Waals surface area contributed by atoms with E-state index in [0.717, 1.165) is 37.6 Å². The first kappa shape index (κ1) is 20.9. The molecule has 7 nitrogen and oxygen atoms in total. The molecule has 28 heavy (non-hydrogen) atoms. The van der Waals surface area contributed by atoms with E-state index in [1.807, 2.05) is 26.0 Å². The number of hydrogen-bond donors (Lipinski definition) is 0. The number of amides is 1. The second kappa shape index (κ2) is 8.69. The SMILES string of the molecule is CCN(C(=O)[C@H](C)N1CCN(c2ccc(OC)cc2)CC1)[C@@H]1CCS(=O)(=O)C1. The van der Waals surface area contributed by atoms with Crippen LogP contribution in [-0.4, -0.2) is 87.5 Å². The van der Waals surface area contributed by atoms with Gasteiger partial charge in [-0.05, 0) is 44.5 Å². The highest BCUT2D eigenvalue weighted by Crippen LogP contribution is 2.23. The predicted octanol–water partition coefficient (Wildman–Crippen LogP) is 1.24. The van der Waals surface area contributed by atoms with E-state index in [1.165, 1.54) is 0 Å². The minimum atomic E-state index is -3.00. The summed E-state index contributed by atoms with van der Waals surface area (Å²) in [4.78, 5) is 19.3. The number of hydrogen-bond acceptors (Lipinski definition) is 6. The van der Waals surface area contributed by atoms with Gasteiger partial charge in [0.05, 0.1) is 24.7 Å². The average Bonchev–Trinajstić information content (AvgIpc) is 3.07. The molecule has 1 aromatic rings. The molecule has 2 aliphatic rings. The summed E-state index contributed by atoms with van der Waals surface area (Å²) in [5.74, 6) is 1.18. The number of anilines is 1. The fourth-order valence-electron chi connectivity index (χ4n) is 4.17. The van der Waals surface area contributed by atoms with Gasteiger partial charge in [0.15, 0.2) is 9.84 Å². The van der Waals surface area contributed by atoms with Gasteiger partial charge in [-0.25, -0.2) is 8.42 Å². The van der Waals surface area contributed by atoms with Crippen LogP contribution in [0.4, 0.5) is 5.69 Å². The lowest BCUT2D eigenvalue weighted by Gasteiger charge is -2.40. The van der Waals surface area contributed by atoms with Crippen LogP contribution in [0.1, 0.15) is 20.3 Å². The normalized spacial score (nSPS) is 23.4. The Morgan fingerprint density at radius 2 is 1.86 bits per heavy atom. The highest BCUT2D eigenvalue weighted by Gasteiger charge is 2.37. The highest BCUT2D eigenvalue weighted by atomic mass is 32.2. The van der Waals surface area contributed by atoms with Gasteiger partial charge >= 0.3 is 0 Å². The fraction of sp³-hybridized carbons (Fsp3) is 0.650. The number of methoxy groups -OCH3 is 1. The van der Waals surface area contributed by atoms with Crippen molar-refractivity contribution in [3.05, 3.63) is 24.3 Å². The number of likely N-dealkylation sites (N-methyl/N-ethyl adjacent to an activating group) is 1. The van der Waals surface area contributed by atoms with Crippen molar-refractivity contribution < 1.29 is 17.9 Å². The van der Waals surface area contributed by atoms with Crippen molar-refractivity contribution >= 4 is 21.4 Å². The van der Waals surface area contributed by atoms with Crippen LogP contribution in [0.5, 0.6) is 5.75 Å². The smallest absolute Gasteiger partial charge is 0.239 e. The van der Waals surface area contributed by atoms with Crippen LogP contribution in [0.25, 0.3) is 0 Å². The van der Waals surface area contributed by atoms with Gasteiger partial charge in [-0.1, -0.05) is 0 Å². The standard InChI is InChI=1S/C20H31N3O4S/c1-4-23(18-9-14-28(25,26)15-18)20(24)16(2)21-10-12-22(13-11-21)17-5-7-19(27-3)8-6-17/h5-8,16,18H,4,9-15H2,1-3H3/t16-,18+/m0/s1. The summed E-state index contributed by atoms with van der Waals surface area (Å²) < 4.78 is 28.8. The third-order valence-corrected chi connectivity index (χ3v) is 7.68. The molecule has 3 rings (SSSR count). The zero-order valence-corrected chi connectivity index (χ0v) is 17.8. The number of sulfone groups is 1. The van der Waals surface area contributed by atoms with Crippen LogP contribution in [0.2, 0.25) is 0 Å². The summed E-state index contributed by atoms with van der Waals surface area (Å²) in [6.45, 7) is 7.74. The van der Waals surface area contributed by atoms with Gasteiger partial charge in [0.1, 0.15) is 5.75 Å². The van der Waals surface area contributed by atoms with E-state index >= 15 is 0 Å². The van der Waals surface area contributed by atoms with Crippen molar-refractivity contribution in [2.45, 2.75) is 32.4 Å². The van der Waals surface area contributed by atoms with Gasteiger partial charge in [-0.3, -0.25) is 9.69 Å². The third-order valence-electron chi connectivity index (χ3n) is 5.93. The van der Waals surface area contributed by atoms with Crippen molar-refractivity contribution in [1.82, 2.24) is 9.80 Å². The van der Waals surface area contributed by atoms with Crippen LogP contribution in [0.15, 0.2) is 24.3 Å². The molecule has 2 heterocycles. The maximum absolute atomic E-state index is 13.1. The van der Waals surface area contributed by atoms with Crippen LogP contribution in [-0.2, 0) is 14.6 Å². The quantitative estimate of drug-likeness (QED) is 0.704. The van der Waals surface area contributed by atoms with Crippen LogP contribution < -0.4 is 9.64 Å². The molecular weight excluding hydrogens is 378 g/mol. The fourth-order valence-corrected chi connectivity index (χ4v) is 5.90. The molecule has 0 aromatic heterocycles. The van der Waals surface area contributed by atoms with Gasteiger partial charge < -0.3 is 14.5 Å². The van der Waals surface area contributed by atoms with E-state index in [0.29, 0.717) is 13.0 Å². The molecule has 0 saturated carbocycles. The second-order valence-electron chi connectivity index (χ2n) is 7.58. The van der Waals surface area contributed by atoms with E-state index in [4.69, 9.17) is 4.74 Å². The van der Waals surface area contributed by atoms with E-state index in [-0.39, 0.29) is 29.5 Å². The molecule has 2 atom stereocenters. The summed E-state index contributed by atoms with van der Waals surface area (Å²) in [5.41, 5.74) is 1.16. The molecule has 0 spiro atoms. The van der Waals surface area contributed by atoms with Gasteiger partial charge in [0.25, 0.3) is 0 Å². The number of carbonyl (C=O) groups is 1. The van der Waals surface area contributed by atoms with Crippen molar-refractivity contribution in [3.8, 4) is 5.75 Å². The number of piperazine rings is 1. The Bertz CT molecular complexity index is 773. The summed E-state index contributed by atoms with van der Waals surface area (Å²) in [5, 5.41) is 0. The molecule has 0 aliphatic carbocycles. The Morgan fingerprint density at radius 1 is 1.21 bits per heavy atom. The van der Waals surface area contributed by atoms with Gasteiger partial charge in [0.2, 0.25) is 5.91 Å². The van der Waals surface area contributed by atoms with E-state index in [1.54, 1.807) is 12.0 Å². The number of nitrogens with zero attached hydrogens (tertiary/aromatic N) is 3. The lowest BCUT2D eigenvalue weighted by molar-refractivity contribution is -0.138. The van der Waals surface area contributed by atoms with E-state index in [9.17, 15) is 13.2 Å². The van der Waals surface area contributed by atoms with Crippen molar-refractivity contribution in [2.75, 3.05) is 56.2 Å². The van der Waals surface area contributed by atoms with Crippen LogP contribution in [0, 0.1) is 0 Å². The number of ether oxygens (including phenoxy) is 1. The van der Waals surface area contributed by atoms with Gasteiger partial charge in [-0.15, -0.1) is 0 Å². The van der Waals surface area contributed by atoms with Gasteiger partial charge in [-0.2, -0.15) is 0 Å².